The van der Waals surface area contributed by atoms with Gasteiger partial charge in [-0.05, 0) is 25.8 Å². The third-order valence-corrected chi connectivity index (χ3v) is 4.23. The number of nitrogens with zero attached hydrogens (tertiary/aromatic N) is 3. The van der Waals surface area contributed by atoms with E-state index < -0.39 is 5.97 Å². The summed E-state index contributed by atoms with van der Waals surface area (Å²) in [7, 11) is 0. The fourth-order valence-corrected chi connectivity index (χ4v) is 3.35. The first kappa shape index (κ1) is 17.2. The molecule has 0 aliphatic rings. The summed E-state index contributed by atoms with van der Waals surface area (Å²) in [6.07, 6.45) is 1.72. The van der Waals surface area contributed by atoms with Gasteiger partial charge in [0, 0.05) is 29.5 Å². The Balaban J connectivity index is 2.38. The van der Waals surface area contributed by atoms with Gasteiger partial charge in [-0.2, -0.15) is 0 Å². The minimum Gasteiger partial charge on any atom is -0.480 e. The molecule has 2 aromatic heterocycles. The van der Waals surface area contributed by atoms with E-state index in [-0.39, 0.29) is 18.4 Å². The van der Waals surface area contributed by atoms with Gasteiger partial charge in [0.2, 0.25) is 0 Å². The highest BCUT2D eigenvalue weighted by Gasteiger charge is 2.24. The number of hydrogen-bond donors (Lipinski definition) is 1. The molecule has 2 heterocycles. The van der Waals surface area contributed by atoms with E-state index in [1.54, 1.807) is 12.3 Å². The Morgan fingerprint density at radius 1 is 1.39 bits per heavy atom. The van der Waals surface area contributed by atoms with E-state index in [4.69, 9.17) is 5.11 Å². The first-order valence-electron chi connectivity index (χ1n) is 7.41. The summed E-state index contributed by atoms with van der Waals surface area (Å²) in [6, 6.07) is 1.80. The first-order valence-corrected chi connectivity index (χ1v) is 8.29. The van der Waals surface area contributed by atoms with Crippen molar-refractivity contribution in [3.63, 3.8) is 0 Å². The fraction of sp³-hybridized carbons (Fsp3) is 0.438. The molecule has 0 unspecified atom stereocenters. The number of amides is 1. The molecule has 6 nitrogen and oxygen atoms in total. The van der Waals surface area contributed by atoms with E-state index in [1.807, 2.05) is 37.6 Å². The van der Waals surface area contributed by atoms with Gasteiger partial charge >= 0.3 is 5.97 Å². The molecule has 0 aliphatic heterocycles. The Bertz CT molecular complexity index is 704. The van der Waals surface area contributed by atoms with Crippen LogP contribution in [0.1, 0.15) is 35.6 Å². The second-order valence-electron chi connectivity index (χ2n) is 5.91. The molecule has 0 bridgehead atoms. The van der Waals surface area contributed by atoms with Gasteiger partial charge in [0.05, 0.1) is 5.56 Å². The maximum Gasteiger partial charge on any atom is 0.323 e. The van der Waals surface area contributed by atoms with E-state index in [1.165, 1.54) is 16.2 Å². The third kappa shape index (κ3) is 3.79. The van der Waals surface area contributed by atoms with E-state index in [9.17, 15) is 9.59 Å². The second kappa shape index (κ2) is 6.95. The zero-order chi connectivity index (χ0) is 17.1. The molecule has 0 spiro atoms. The van der Waals surface area contributed by atoms with Crippen LogP contribution in [0.4, 0.5) is 0 Å². The highest BCUT2D eigenvalue weighted by atomic mass is 32.1. The zero-order valence-electron chi connectivity index (χ0n) is 13.7. The summed E-state index contributed by atoms with van der Waals surface area (Å²) in [5.41, 5.74) is 2.21. The fourth-order valence-electron chi connectivity index (χ4n) is 2.59. The zero-order valence-corrected chi connectivity index (χ0v) is 14.6. The highest BCUT2D eigenvalue weighted by molar-refractivity contribution is 7.12. The molecular formula is C16H21N3O3S. The van der Waals surface area contributed by atoms with Gasteiger partial charge in [-0.3, -0.25) is 14.2 Å². The number of carbonyl (C=O) groups excluding carboxylic acids is 1. The predicted molar refractivity (Wildman–Crippen MR) is 89.3 cm³/mol. The van der Waals surface area contributed by atoms with Crippen molar-refractivity contribution in [1.82, 2.24) is 14.5 Å². The minimum atomic E-state index is -1.01. The van der Waals surface area contributed by atoms with Crippen LogP contribution in [0.2, 0.25) is 0 Å². The van der Waals surface area contributed by atoms with Crippen LogP contribution in [0, 0.1) is 19.8 Å². The third-order valence-electron chi connectivity index (χ3n) is 3.47. The molecule has 0 aromatic carbocycles. The Labute approximate surface area is 139 Å². The van der Waals surface area contributed by atoms with E-state index in [2.05, 4.69) is 4.98 Å². The SMILES string of the molecule is Cc1cc(C(=O)N(CC(=O)O)CC(C)C)c(C)n1-c1nccs1. The van der Waals surface area contributed by atoms with Crippen LogP contribution in [0.15, 0.2) is 17.6 Å². The van der Waals surface area contributed by atoms with Gasteiger partial charge in [-0.15, -0.1) is 11.3 Å². The van der Waals surface area contributed by atoms with Crippen molar-refractivity contribution in [3.05, 3.63) is 34.6 Å². The van der Waals surface area contributed by atoms with Gasteiger partial charge in [-0.1, -0.05) is 13.8 Å². The summed E-state index contributed by atoms with van der Waals surface area (Å²) < 4.78 is 1.92. The molecule has 1 amide bonds. The number of carboxylic acid groups (broad SMARTS) is 1. The monoisotopic (exact) mass is 335 g/mol. The van der Waals surface area contributed by atoms with Crippen LogP contribution in [0.5, 0.6) is 0 Å². The lowest BCUT2D eigenvalue weighted by molar-refractivity contribution is -0.137. The van der Waals surface area contributed by atoms with Gasteiger partial charge in [0.1, 0.15) is 6.54 Å². The summed E-state index contributed by atoms with van der Waals surface area (Å²) in [5.74, 6) is -1.06. The maximum atomic E-state index is 12.8. The molecule has 2 rings (SSSR count). The quantitative estimate of drug-likeness (QED) is 0.881. The van der Waals surface area contributed by atoms with Crippen molar-refractivity contribution in [2.45, 2.75) is 27.7 Å². The van der Waals surface area contributed by atoms with Gasteiger partial charge < -0.3 is 10.0 Å². The van der Waals surface area contributed by atoms with Crippen LogP contribution in [0.3, 0.4) is 0 Å². The first-order chi connectivity index (χ1) is 10.8. The largest absolute Gasteiger partial charge is 0.480 e. The molecule has 23 heavy (non-hydrogen) atoms. The van der Waals surface area contributed by atoms with Crippen molar-refractivity contribution in [3.8, 4) is 5.13 Å². The van der Waals surface area contributed by atoms with Crippen molar-refractivity contribution in [1.29, 1.82) is 0 Å². The van der Waals surface area contributed by atoms with Crippen LogP contribution < -0.4 is 0 Å². The molecule has 0 atom stereocenters. The summed E-state index contributed by atoms with van der Waals surface area (Å²) in [5, 5.41) is 11.7. The summed E-state index contributed by atoms with van der Waals surface area (Å²) in [6.45, 7) is 7.80. The molecule has 124 valence electrons. The Hall–Kier alpha value is -2.15. The van der Waals surface area contributed by atoms with Crippen LogP contribution in [0.25, 0.3) is 5.13 Å². The Morgan fingerprint density at radius 3 is 2.61 bits per heavy atom. The van der Waals surface area contributed by atoms with Crippen LogP contribution in [-0.4, -0.2) is 44.5 Å². The van der Waals surface area contributed by atoms with Crippen molar-refractivity contribution >= 4 is 23.2 Å². The lowest BCUT2D eigenvalue weighted by Crippen LogP contribution is -2.38. The molecule has 0 radical (unpaired) electrons. The van der Waals surface area contributed by atoms with Gasteiger partial charge in [0.25, 0.3) is 5.91 Å². The molecular weight excluding hydrogens is 314 g/mol. The smallest absolute Gasteiger partial charge is 0.323 e. The molecule has 7 heteroatoms. The van der Waals surface area contributed by atoms with Gasteiger partial charge in [-0.25, -0.2) is 4.98 Å². The average Bonchev–Trinajstić information content (AvgIpc) is 3.04. The van der Waals surface area contributed by atoms with Crippen LogP contribution in [-0.2, 0) is 4.79 Å². The molecule has 0 aliphatic carbocycles. The van der Waals surface area contributed by atoms with E-state index >= 15 is 0 Å². The second-order valence-corrected chi connectivity index (χ2v) is 6.78. The number of thiazole rings is 1. The Morgan fingerprint density at radius 2 is 2.09 bits per heavy atom. The lowest BCUT2D eigenvalue weighted by atomic mass is 10.1. The number of carbonyl (C=O) groups is 2. The maximum absolute atomic E-state index is 12.8. The van der Waals surface area contributed by atoms with Crippen LogP contribution >= 0.6 is 11.3 Å². The van der Waals surface area contributed by atoms with Crippen molar-refractivity contribution in [2.75, 3.05) is 13.1 Å². The number of carboxylic acids is 1. The molecule has 1 N–H and O–H groups in total. The topological polar surface area (TPSA) is 75.4 Å². The number of aryl methyl sites for hydroxylation is 1. The molecule has 0 fully saturated rings. The highest BCUT2D eigenvalue weighted by Crippen LogP contribution is 2.23. The molecule has 0 saturated carbocycles. The number of aliphatic carboxylic acids is 1. The molecule has 0 saturated heterocycles. The molecule has 2 aromatic rings. The summed E-state index contributed by atoms with van der Waals surface area (Å²) >= 11 is 1.49. The number of rotatable bonds is 6. The van der Waals surface area contributed by atoms with Crippen molar-refractivity contribution in [2.24, 2.45) is 5.92 Å². The minimum absolute atomic E-state index is 0.195. The lowest BCUT2D eigenvalue weighted by Gasteiger charge is -2.22. The van der Waals surface area contributed by atoms with Crippen molar-refractivity contribution < 1.29 is 14.7 Å². The predicted octanol–water partition coefficient (Wildman–Crippen LogP) is 2.73. The normalized spacial score (nSPS) is 11.0. The Kier molecular flexibility index (Phi) is 5.20. The summed E-state index contributed by atoms with van der Waals surface area (Å²) in [4.78, 5) is 29.5. The average molecular weight is 335 g/mol. The van der Waals surface area contributed by atoms with E-state index in [0.717, 1.165) is 16.5 Å². The van der Waals surface area contributed by atoms with E-state index in [0.29, 0.717) is 12.1 Å². The number of aromatic nitrogens is 2. The number of hydrogen-bond acceptors (Lipinski definition) is 4. The standard InChI is InChI=1S/C16H21N3O3S/c1-10(2)8-18(9-14(20)21)15(22)13-7-11(3)19(12(13)4)16-17-5-6-23-16/h5-7,10H,8-9H2,1-4H3,(H,20,21). The van der Waals surface area contributed by atoms with Gasteiger partial charge in [0.15, 0.2) is 5.13 Å².